The van der Waals surface area contributed by atoms with Crippen molar-refractivity contribution in [1.82, 2.24) is 9.88 Å². The lowest BCUT2D eigenvalue weighted by Gasteiger charge is -2.34. The van der Waals surface area contributed by atoms with Crippen molar-refractivity contribution in [2.24, 2.45) is 0 Å². The molecule has 0 atom stereocenters. The molecule has 0 N–H and O–H groups in total. The Balaban J connectivity index is 1.46. The van der Waals surface area contributed by atoms with Gasteiger partial charge in [0.2, 0.25) is 5.91 Å². The summed E-state index contributed by atoms with van der Waals surface area (Å²) in [6.45, 7) is 3.27. The first-order valence-electron chi connectivity index (χ1n) is 6.77. The van der Waals surface area contributed by atoms with Crippen molar-refractivity contribution in [1.29, 1.82) is 0 Å². The summed E-state index contributed by atoms with van der Waals surface area (Å²) < 4.78 is 5.25. The quantitative estimate of drug-likeness (QED) is 0.864. The Kier molecular flexibility index (Phi) is 4.01. The van der Waals surface area contributed by atoms with Crippen molar-refractivity contribution >= 4 is 22.4 Å². The Bertz CT molecular complexity index is 531. The Labute approximate surface area is 121 Å². The van der Waals surface area contributed by atoms with Crippen LogP contribution in [0.1, 0.15) is 12.2 Å². The SMILES string of the molecule is O=C(CCc1ccco1)N1CCN(c2nccs2)CC1. The van der Waals surface area contributed by atoms with Gasteiger partial charge in [0.1, 0.15) is 5.76 Å². The molecular weight excluding hydrogens is 274 g/mol. The van der Waals surface area contributed by atoms with E-state index >= 15 is 0 Å². The number of carbonyl (C=O) groups is 1. The predicted molar refractivity (Wildman–Crippen MR) is 77.9 cm³/mol. The Hall–Kier alpha value is -1.82. The van der Waals surface area contributed by atoms with Crippen LogP contribution in [0.15, 0.2) is 34.4 Å². The van der Waals surface area contributed by atoms with Crippen molar-refractivity contribution in [3.05, 3.63) is 35.7 Å². The highest BCUT2D eigenvalue weighted by Gasteiger charge is 2.22. The van der Waals surface area contributed by atoms with Crippen LogP contribution < -0.4 is 4.90 Å². The lowest BCUT2D eigenvalue weighted by molar-refractivity contribution is -0.131. The summed E-state index contributed by atoms with van der Waals surface area (Å²) in [5.74, 6) is 1.08. The standard InChI is InChI=1S/C14H17N3O2S/c18-13(4-3-12-2-1-10-19-12)16-6-8-17(9-7-16)14-15-5-11-20-14/h1-2,5,10-11H,3-4,6-9H2. The summed E-state index contributed by atoms with van der Waals surface area (Å²) in [7, 11) is 0. The van der Waals surface area contributed by atoms with E-state index in [2.05, 4.69) is 9.88 Å². The Morgan fingerprint density at radius 3 is 2.85 bits per heavy atom. The molecular formula is C14H17N3O2S. The van der Waals surface area contributed by atoms with Crippen LogP contribution in [-0.2, 0) is 11.2 Å². The predicted octanol–water partition coefficient (Wildman–Crippen LogP) is 2.02. The van der Waals surface area contributed by atoms with Gasteiger partial charge in [0.15, 0.2) is 5.13 Å². The van der Waals surface area contributed by atoms with Gasteiger partial charge in [-0.2, -0.15) is 0 Å². The van der Waals surface area contributed by atoms with Gasteiger partial charge in [-0.3, -0.25) is 4.79 Å². The molecule has 0 aromatic carbocycles. The van der Waals surface area contributed by atoms with Crippen molar-refractivity contribution in [3.8, 4) is 0 Å². The highest BCUT2D eigenvalue weighted by atomic mass is 32.1. The number of rotatable bonds is 4. The van der Waals surface area contributed by atoms with Crippen LogP contribution in [-0.4, -0.2) is 42.0 Å². The van der Waals surface area contributed by atoms with Gasteiger partial charge < -0.3 is 14.2 Å². The van der Waals surface area contributed by atoms with Gasteiger partial charge in [-0.1, -0.05) is 0 Å². The summed E-state index contributed by atoms with van der Waals surface area (Å²) in [5.41, 5.74) is 0. The summed E-state index contributed by atoms with van der Waals surface area (Å²) >= 11 is 1.65. The number of thiazole rings is 1. The highest BCUT2D eigenvalue weighted by molar-refractivity contribution is 7.13. The van der Waals surface area contributed by atoms with E-state index in [0.29, 0.717) is 12.8 Å². The van der Waals surface area contributed by atoms with Gasteiger partial charge in [-0.05, 0) is 12.1 Å². The molecule has 20 heavy (non-hydrogen) atoms. The fraction of sp³-hybridized carbons (Fsp3) is 0.429. The van der Waals surface area contributed by atoms with Crippen molar-refractivity contribution in [2.75, 3.05) is 31.1 Å². The zero-order valence-corrected chi connectivity index (χ0v) is 12.0. The number of hydrogen-bond acceptors (Lipinski definition) is 5. The van der Waals surface area contributed by atoms with E-state index in [-0.39, 0.29) is 5.91 Å². The number of piperazine rings is 1. The first kappa shape index (κ1) is 13.2. The number of carbonyl (C=O) groups excluding carboxylic acids is 1. The molecule has 0 radical (unpaired) electrons. The zero-order chi connectivity index (χ0) is 13.8. The molecule has 1 aliphatic rings. The average molecular weight is 291 g/mol. The molecule has 0 spiro atoms. The molecule has 1 fully saturated rings. The number of nitrogens with zero attached hydrogens (tertiary/aromatic N) is 3. The van der Waals surface area contributed by atoms with Crippen LogP contribution in [0.4, 0.5) is 5.13 Å². The summed E-state index contributed by atoms with van der Waals surface area (Å²) in [5, 5.41) is 3.03. The minimum atomic E-state index is 0.209. The minimum Gasteiger partial charge on any atom is -0.469 e. The summed E-state index contributed by atoms with van der Waals surface area (Å²) in [6.07, 6.45) is 4.66. The van der Waals surface area contributed by atoms with E-state index in [1.165, 1.54) is 0 Å². The molecule has 1 aliphatic heterocycles. The van der Waals surface area contributed by atoms with Crippen LogP contribution >= 0.6 is 11.3 Å². The molecule has 0 saturated carbocycles. The van der Waals surface area contributed by atoms with Crippen LogP contribution in [0.3, 0.4) is 0 Å². The first-order chi connectivity index (χ1) is 9.83. The monoisotopic (exact) mass is 291 g/mol. The molecule has 3 rings (SSSR count). The molecule has 1 saturated heterocycles. The molecule has 3 heterocycles. The summed E-state index contributed by atoms with van der Waals surface area (Å²) in [6, 6.07) is 3.76. The smallest absolute Gasteiger partial charge is 0.223 e. The molecule has 0 bridgehead atoms. The van der Waals surface area contributed by atoms with E-state index < -0.39 is 0 Å². The number of amides is 1. The normalized spacial score (nSPS) is 15.6. The second-order valence-electron chi connectivity index (χ2n) is 4.76. The molecule has 2 aromatic heterocycles. The second kappa shape index (κ2) is 6.09. The molecule has 0 unspecified atom stereocenters. The van der Waals surface area contributed by atoms with Gasteiger partial charge in [-0.25, -0.2) is 4.98 Å². The topological polar surface area (TPSA) is 49.6 Å². The van der Waals surface area contributed by atoms with Gasteiger partial charge in [0.05, 0.1) is 6.26 Å². The first-order valence-corrected chi connectivity index (χ1v) is 7.65. The number of hydrogen-bond donors (Lipinski definition) is 0. The molecule has 6 heteroatoms. The van der Waals surface area contributed by atoms with Crippen LogP contribution in [0.5, 0.6) is 0 Å². The maximum atomic E-state index is 12.1. The molecule has 5 nitrogen and oxygen atoms in total. The van der Waals surface area contributed by atoms with Crippen molar-refractivity contribution in [2.45, 2.75) is 12.8 Å². The maximum absolute atomic E-state index is 12.1. The highest BCUT2D eigenvalue weighted by Crippen LogP contribution is 2.19. The van der Waals surface area contributed by atoms with E-state index in [1.54, 1.807) is 17.6 Å². The van der Waals surface area contributed by atoms with E-state index in [9.17, 15) is 4.79 Å². The fourth-order valence-corrected chi connectivity index (χ4v) is 3.06. The second-order valence-corrected chi connectivity index (χ2v) is 5.63. The van der Waals surface area contributed by atoms with Gasteiger partial charge in [0.25, 0.3) is 0 Å². The third kappa shape index (κ3) is 3.01. The minimum absolute atomic E-state index is 0.209. The Morgan fingerprint density at radius 2 is 2.20 bits per heavy atom. The van der Waals surface area contributed by atoms with Crippen LogP contribution in [0, 0.1) is 0 Å². The number of furan rings is 1. The molecule has 2 aromatic rings. The zero-order valence-electron chi connectivity index (χ0n) is 11.2. The van der Waals surface area contributed by atoms with E-state index in [0.717, 1.165) is 37.1 Å². The van der Waals surface area contributed by atoms with Crippen molar-refractivity contribution < 1.29 is 9.21 Å². The van der Waals surface area contributed by atoms with Crippen LogP contribution in [0.25, 0.3) is 0 Å². The van der Waals surface area contributed by atoms with Gasteiger partial charge >= 0.3 is 0 Å². The average Bonchev–Trinajstić information content (AvgIpc) is 3.18. The molecule has 0 aliphatic carbocycles. The lowest BCUT2D eigenvalue weighted by atomic mass is 10.2. The van der Waals surface area contributed by atoms with Crippen molar-refractivity contribution in [3.63, 3.8) is 0 Å². The Morgan fingerprint density at radius 1 is 1.35 bits per heavy atom. The number of anilines is 1. The third-order valence-corrected chi connectivity index (χ3v) is 4.32. The summed E-state index contributed by atoms with van der Waals surface area (Å²) in [4.78, 5) is 20.6. The van der Waals surface area contributed by atoms with Gasteiger partial charge in [-0.15, -0.1) is 11.3 Å². The lowest BCUT2D eigenvalue weighted by Crippen LogP contribution is -2.48. The molecule has 106 valence electrons. The van der Waals surface area contributed by atoms with E-state index in [1.807, 2.05) is 28.6 Å². The van der Waals surface area contributed by atoms with Gasteiger partial charge in [0, 0.05) is 50.6 Å². The fourth-order valence-electron chi connectivity index (χ4n) is 2.36. The number of aryl methyl sites for hydroxylation is 1. The molecule has 1 amide bonds. The third-order valence-electron chi connectivity index (χ3n) is 3.49. The van der Waals surface area contributed by atoms with Crippen LogP contribution in [0.2, 0.25) is 0 Å². The largest absolute Gasteiger partial charge is 0.469 e. The maximum Gasteiger partial charge on any atom is 0.223 e. The number of aromatic nitrogens is 1. The van der Waals surface area contributed by atoms with E-state index in [4.69, 9.17) is 4.42 Å².